The number of aliphatic hydroxyl groups is 2. The molecule has 0 aliphatic rings. The standard InChI is InChI=1S/C15H28O2.C8H19NO2/c1-2-3-4-5-6-7-8-9-10-11-12-13-14-15(16)17;1-6(2)8(11,7(3)10)9(4)5/h9-10H,2-8,11-14H2,1H3,(H,16,17);6-7,10-11H,1-5H3. The lowest BCUT2D eigenvalue weighted by molar-refractivity contribution is -0.183. The van der Waals surface area contributed by atoms with Crippen LogP contribution in [-0.4, -0.2) is 52.1 Å². The van der Waals surface area contributed by atoms with Crippen LogP contribution in [0.3, 0.4) is 0 Å². The van der Waals surface area contributed by atoms with E-state index in [1.165, 1.54) is 44.9 Å². The van der Waals surface area contributed by atoms with Crippen molar-refractivity contribution >= 4 is 5.97 Å². The lowest BCUT2D eigenvalue weighted by Gasteiger charge is -2.40. The van der Waals surface area contributed by atoms with Crippen molar-refractivity contribution in [3.8, 4) is 0 Å². The highest BCUT2D eigenvalue weighted by Gasteiger charge is 2.38. The Balaban J connectivity index is 0. The molecule has 0 aromatic rings. The molecule has 0 fully saturated rings. The molecule has 2 unspecified atom stereocenters. The Morgan fingerprint density at radius 3 is 1.75 bits per heavy atom. The summed E-state index contributed by atoms with van der Waals surface area (Å²) in [4.78, 5) is 11.9. The maximum atomic E-state index is 10.3. The topological polar surface area (TPSA) is 81.0 Å². The number of likely N-dealkylation sites (N-methyl/N-ethyl adjacent to an activating group) is 1. The van der Waals surface area contributed by atoms with Crippen molar-refractivity contribution in [2.24, 2.45) is 5.92 Å². The summed E-state index contributed by atoms with van der Waals surface area (Å²) in [5.74, 6) is -0.668. The van der Waals surface area contributed by atoms with Gasteiger partial charge >= 0.3 is 5.97 Å². The van der Waals surface area contributed by atoms with Crippen LogP contribution in [0.5, 0.6) is 0 Å². The zero-order valence-corrected chi connectivity index (χ0v) is 19.3. The van der Waals surface area contributed by atoms with Gasteiger partial charge in [0.25, 0.3) is 0 Å². The highest BCUT2D eigenvalue weighted by molar-refractivity contribution is 5.66. The third-order valence-electron chi connectivity index (χ3n) is 5.08. The third kappa shape index (κ3) is 15.1. The molecule has 0 rings (SSSR count). The van der Waals surface area contributed by atoms with E-state index in [1.54, 1.807) is 25.9 Å². The fourth-order valence-corrected chi connectivity index (χ4v) is 3.19. The molecule has 28 heavy (non-hydrogen) atoms. The van der Waals surface area contributed by atoms with Crippen LogP contribution in [-0.2, 0) is 4.79 Å². The van der Waals surface area contributed by atoms with Gasteiger partial charge in [0.05, 0.1) is 6.10 Å². The molecular formula is C23H47NO4. The van der Waals surface area contributed by atoms with Crippen molar-refractivity contribution in [2.45, 2.75) is 110 Å². The van der Waals surface area contributed by atoms with Crippen molar-refractivity contribution in [1.29, 1.82) is 0 Å². The smallest absolute Gasteiger partial charge is 0.303 e. The van der Waals surface area contributed by atoms with Crippen molar-refractivity contribution in [3.63, 3.8) is 0 Å². The molecule has 5 heteroatoms. The summed E-state index contributed by atoms with van der Waals surface area (Å²) in [6.07, 6.45) is 16.1. The van der Waals surface area contributed by atoms with Gasteiger partial charge in [-0.2, -0.15) is 0 Å². The minimum atomic E-state index is -1.11. The lowest BCUT2D eigenvalue weighted by Crippen LogP contribution is -2.56. The Bertz CT molecular complexity index is 370. The molecule has 0 amide bonds. The summed E-state index contributed by atoms with van der Waals surface area (Å²) in [7, 11) is 3.51. The third-order valence-corrected chi connectivity index (χ3v) is 5.08. The molecule has 0 bridgehead atoms. The van der Waals surface area contributed by atoms with Crippen molar-refractivity contribution < 1.29 is 20.1 Å². The van der Waals surface area contributed by atoms with Gasteiger partial charge in [0.15, 0.2) is 0 Å². The summed E-state index contributed by atoms with van der Waals surface area (Å²) >= 11 is 0. The summed E-state index contributed by atoms with van der Waals surface area (Å²) in [6, 6.07) is 0. The van der Waals surface area contributed by atoms with Gasteiger partial charge in [0.2, 0.25) is 0 Å². The summed E-state index contributed by atoms with van der Waals surface area (Å²) < 4.78 is 0. The molecule has 0 saturated heterocycles. The van der Waals surface area contributed by atoms with E-state index in [0.29, 0.717) is 6.42 Å². The predicted octanol–water partition coefficient (Wildman–Crippen LogP) is 5.21. The molecule has 0 aromatic carbocycles. The van der Waals surface area contributed by atoms with Crippen LogP contribution < -0.4 is 0 Å². The van der Waals surface area contributed by atoms with Crippen molar-refractivity contribution in [3.05, 3.63) is 12.2 Å². The van der Waals surface area contributed by atoms with Crippen LogP contribution >= 0.6 is 0 Å². The van der Waals surface area contributed by atoms with Crippen molar-refractivity contribution in [2.75, 3.05) is 14.1 Å². The highest BCUT2D eigenvalue weighted by atomic mass is 16.4. The maximum Gasteiger partial charge on any atom is 0.303 e. The average Bonchev–Trinajstić information content (AvgIpc) is 2.61. The molecule has 0 aliphatic heterocycles. The minimum Gasteiger partial charge on any atom is -0.481 e. The van der Waals surface area contributed by atoms with E-state index >= 15 is 0 Å². The van der Waals surface area contributed by atoms with Gasteiger partial charge in [-0.15, -0.1) is 0 Å². The van der Waals surface area contributed by atoms with Crippen LogP contribution in [0.25, 0.3) is 0 Å². The molecule has 0 radical (unpaired) electrons. The fourth-order valence-electron chi connectivity index (χ4n) is 3.19. The number of carboxylic acid groups (broad SMARTS) is 1. The second kappa shape index (κ2) is 18.1. The fraction of sp³-hybridized carbons (Fsp3) is 0.870. The molecule has 0 heterocycles. The van der Waals surface area contributed by atoms with Gasteiger partial charge in [0, 0.05) is 6.42 Å². The van der Waals surface area contributed by atoms with E-state index in [1.807, 2.05) is 13.8 Å². The Morgan fingerprint density at radius 1 is 0.929 bits per heavy atom. The normalized spacial score (nSPS) is 14.8. The molecule has 2 atom stereocenters. The Kier molecular flexibility index (Phi) is 19.0. The average molecular weight is 402 g/mol. The van der Waals surface area contributed by atoms with E-state index in [4.69, 9.17) is 5.11 Å². The van der Waals surface area contributed by atoms with Gasteiger partial charge in [-0.05, 0) is 59.0 Å². The largest absolute Gasteiger partial charge is 0.481 e. The number of hydrogen-bond acceptors (Lipinski definition) is 4. The van der Waals surface area contributed by atoms with Crippen LogP contribution in [0.4, 0.5) is 0 Å². The van der Waals surface area contributed by atoms with Crippen molar-refractivity contribution in [1.82, 2.24) is 4.90 Å². The maximum absolute atomic E-state index is 10.3. The van der Waals surface area contributed by atoms with Crippen LogP contribution in [0.1, 0.15) is 98.3 Å². The first-order chi connectivity index (χ1) is 13.1. The number of aliphatic hydroxyl groups excluding tert-OH is 1. The minimum absolute atomic E-state index is 0.0116. The van der Waals surface area contributed by atoms with Crippen LogP contribution in [0.2, 0.25) is 0 Å². The number of carboxylic acids is 1. The Labute approximate surface area is 173 Å². The van der Waals surface area contributed by atoms with Gasteiger partial charge in [-0.25, -0.2) is 0 Å². The molecule has 0 aliphatic carbocycles. The highest BCUT2D eigenvalue weighted by Crippen LogP contribution is 2.23. The van der Waals surface area contributed by atoms with Gasteiger partial charge in [-0.1, -0.05) is 65.0 Å². The number of rotatable bonds is 15. The number of allylic oxidation sites excluding steroid dienone is 2. The zero-order valence-electron chi connectivity index (χ0n) is 19.3. The second-order valence-electron chi connectivity index (χ2n) is 8.18. The second-order valence-corrected chi connectivity index (χ2v) is 8.18. The number of nitrogens with zero attached hydrogens (tertiary/aromatic N) is 1. The first kappa shape index (κ1) is 29.3. The molecule has 168 valence electrons. The predicted molar refractivity (Wildman–Crippen MR) is 118 cm³/mol. The first-order valence-electron chi connectivity index (χ1n) is 11.0. The number of carbonyl (C=O) groups is 1. The summed E-state index contributed by atoms with van der Waals surface area (Å²) in [5, 5.41) is 27.7. The van der Waals surface area contributed by atoms with Gasteiger partial charge in [0.1, 0.15) is 5.72 Å². The van der Waals surface area contributed by atoms with Gasteiger partial charge in [-0.3, -0.25) is 9.69 Å². The summed E-state index contributed by atoms with van der Waals surface area (Å²) in [6.45, 7) is 7.60. The monoisotopic (exact) mass is 401 g/mol. The molecule has 0 spiro atoms. The molecule has 3 N–H and O–H groups in total. The molecule has 0 saturated carbocycles. The summed E-state index contributed by atoms with van der Waals surface area (Å²) in [5.41, 5.74) is -1.11. The van der Waals surface area contributed by atoms with E-state index in [2.05, 4.69) is 19.1 Å². The quantitative estimate of drug-likeness (QED) is 0.199. The SMILES string of the molecule is CC(C)C(O)(C(C)O)N(C)C.CCCCCCCCC=CCCCCC(=O)O. The Morgan fingerprint density at radius 2 is 1.39 bits per heavy atom. The van der Waals surface area contributed by atoms with E-state index in [9.17, 15) is 15.0 Å². The zero-order chi connectivity index (χ0) is 22.0. The molecule has 0 aromatic heterocycles. The molecular weight excluding hydrogens is 354 g/mol. The number of hydrogen-bond donors (Lipinski definition) is 3. The number of unbranched alkanes of at least 4 members (excludes halogenated alkanes) is 8. The Hall–Kier alpha value is -0.910. The van der Waals surface area contributed by atoms with E-state index in [0.717, 1.165) is 19.3 Å². The van der Waals surface area contributed by atoms with Gasteiger partial charge < -0.3 is 15.3 Å². The first-order valence-corrected chi connectivity index (χ1v) is 11.0. The number of aliphatic carboxylic acids is 1. The molecule has 5 nitrogen and oxygen atoms in total. The van der Waals surface area contributed by atoms with Crippen LogP contribution in [0, 0.1) is 5.92 Å². The van der Waals surface area contributed by atoms with E-state index < -0.39 is 17.8 Å². The van der Waals surface area contributed by atoms with E-state index in [-0.39, 0.29) is 5.92 Å². The van der Waals surface area contributed by atoms with Crippen LogP contribution in [0.15, 0.2) is 12.2 Å². The lowest BCUT2D eigenvalue weighted by atomic mass is 9.93.